The number of aromatic hydroxyl groups is 1. The summed E-state index contributed by atoms with van der Waals surface area (Å²) in [5.74, 6) is 2.34. The lowest BCUT2D eigenvalue weighted by atomic mass is 10.1. The van der Waals surface area contributed by atoms with Crippen LogP contribution in [0.25, 0.3) is 34.0 Å². The van der Waals surface area contributed by atoms with Gasteiger partial charge in [0.05, 0.1) is 11.8 Å². The molecule has 0 aliphatic heterocycles. The topological polar surface area (TPSA) is 46.5 Å². The third-order valence-electron chi connectivity index (χ3n) is 3.74. The van der Waals surface area contributed by atoms with Gasteiger partial charge in [-0.2, -0.15) is 0 Å². The van der Waals surface area contributed by atoms with Crippen LogP contribution in [-0.2, 0) is 0 Å². The quantitative estimate of drug-likeness (QED) is 0.450. The minimum atomic E-state index is 0.201. The number of benzene rings is 2. The number of rotatable bonds is 3. The van der Waals surface area contributed by atoms with Gasteiger partial charge in [-0.15, -0.1) is 0 Å². The first-order valence-corrected chi connectivity index (χ1v) is 8.23. The zero-order valence-corrected chi connectivity index (χ0v) is 14.2. The second-order valence-electron chi connectivity index (χ2n) is 5.39. The first kappa shape index (κ1) is 14.8. The van der Waals surface area contributed by atoms with Crippen LogP contribution in [0.5, 0.6) is 5.75 Å². The Hall–Kier alpha value is -2.72. The maximum Gasteiger partial charge on any atom is 0.145 e. The van der Waals surface area contributed by atoms with E-state index in [1.165, 1.54) is 0 Å². The Morgan fingerprint density at radius 2 is 1.62 bits per heavy atom. The van der Waals surface area contributed by atoms with Crippen LogP contribution in [0.15, 0.2) is 86.3 Å². The van der Waals surface area contributed by atoms with Gasteiger partial charge in [0.15, 0.2) is 0 Å². The summed E-state index contributed by atoms with van der Waals surface area (Å²) in [6.07, 6.45) is 1.64. The van der Waals surface area contributed by atoms with Crippen molar-refractivity contribution >= 4 is 15.9 Å². The Bertz CT molecular complexity index is 984. The molecule has 0 saturated carbocycles. The number of furan rings is 2. The fourth-order valence-corrected chi connectivity index (χ4v) is 3.05. The zero-order chi connectivity index (χ0) is 16.5. The van der Waals surface area contributed by atoms with Gasteiger partial charge in [0, 0.05) is 15.6 Å². The van der Waals surface area contributed by atoms with Gasteiger partial charge < -0.3 is 13.9 Å². The van der Waals surface area contributed by atoms with Crippen molar-refractivity contribution in [1.82, 2.24) is 0 Å². The van der Waals surface area contributed by atoms with Gasteiger partial charge >= 0.3 is 0 Å². The summed E-state index contributed by atoms with van der Waals surface area (Å²) in [5.41, 5.74) is 2.63. The summed E-state index contributed by atoms with van der Waals surface area (Å²) in [4.78, 5) is 0. The molecule has 2 aromatic heterocycles. The van der Waals surface area contributed by atoms with E-state index in [9.17, 15) is 5.11 Å². The van der Waals surface area contributed by atoms with E-state index in [4.69, 9.17) is 8.83 Å². The van der Waals surface area contributed by atoms with Gasteiger partial charge in [-0.05, 0) is 42.5 Å². The molecular weight excluding hydrogens is 368 g/mol. The molecular formula is C20H13BrO3. The van der Waals surface area contributed by atoms with Crippen molar-refractivity contribution in [2.75, 3.05) is 0 Å². The van der Waals surface area contributed by atoms with E-state index < -0.39 is 0 Å². The lowest BCUT2D eigenvalue weighted by molar-refractivity contribution is 0.475. The van der Waals surface area contributed by atoms with Gasteiger partial charge in [-0.25, -0.2) is 0 Å². The van der Waals surface area contributed by atoms with Crippen molar-refractivity contribution in [2.45, 2.75) is 0 Å². The molecule has 0 fully saturated rings. The average Bonchev–Trinajstić information content (AvgIpc) is 3.24. The molecule has 3 nitrogen and oxygen atoms in total. The molecule has 0 saturated heterocycles. The Kier molecular flexibility index (Phi) is 3.75. The van der Waals surface area contributed by atoms with Crippen molar-refractivity contribution in [2.24, 2.45) is 0 Å². The Morgan fingerprint density at radius 3 is 2.38 bits per heavy atom. The lowest BCUT2D eigenvalue weighted by Gasteiger charge is -2.01. The highest BCUT2D eigenvalue weighted by atomic mass is 79.9. The molecule has 118 valence electrons. The Labute approximate surface area is 147 Å². The molecule has 0 unspecified atom stereocenters. The van der Waals surface area contributed by atoms with Crippen LogP contribution in [0, 0.1) is 0 Å². The van der Waals surface area contributed by atoms with Gasteiger partial charge in [0.2, 0.25) is 0 Å². The molecule has 2 heterocycles. The highest BCUT2D eigenvalue weighted by molar-refractivity contribution is 9.10. The minimum absolute atomic E-state index is 0.201. The van der Waals surface area contributed by atoms with Crippen LogP contribution >= 0.6 is 15.9 Å². The van der Waals surface area contributed by atoms with Crippen LogP contribution in [0.2, 0.25) is 0 Å². The number of phenolic OH excluding ortho intramolecular Hbond substituents is 1. The van der Waals surface area contributed by atoms with Crippen LogP contribution < -0.4 is 0 Å². The predicted octanol–water partition coefficient (Wildman–Crippen LogP) is 6.34. The first-order chi connectivity index (χ1) is 11.7. The first-order valence-electron chi connectivity index (χ1n) is 7.44. The summed E-state index contributed by atoms with van der Waals surface area (Å²) in [7, 11) is 0. The monoisotopic (exact) mass is 380 g/mol. The maximum atomic E-state index is 9.72. The second kappa shape index (κ2) is 6.06. The van der Waals surface area contributed by atoms with Crippen molar-refractivity contribution in [1.29, 1.82) is 0 Å². The summed E-state index contributed by atoms with van der Waals surface area (Å²) >= 11 is 3.50. The smallest absolute Gasteiger partial charge is 0.145 e. The van der Waals surface area contributed by atoms with Gasteiger partial charge in [0.1, 0.15) is 23.0 Å². The van der Waals surface area contributed by atoms with Gasteiger partial charge in [0.25, 0.3) is 0 Å². The van der Waals surface area contributed by atoms with E-state index in [2.05, 4.69) is 15.9 Å². The van der Waals surface area contributed by atoms with Crippen LogP contribution in [0.3, 0.4) is 0 Å². The molecule has 24 heavy (non-hydrogen) atoms. The largest absolute Gasteiger partial charge is 0.508 e. The summed E-state index contributed by atoms with van der Waals surface area (Å²) in [6, 6.07) is 20.6. The second-order valence-corrected chi connectivity index (χ2v) is 6.31. The molecule has 0 aliphatic rings. The van der Waals surface area contributed by atoms with Crippen molar-refractivity contribution in [3.63, 3.8) is 0 Å². The van der Waals surface area contributed by atoms with Gasteiger partial charge in [-0.1, -0.05) is 40.2 Å². The molecule has 0 amide bonds. The number of hydrogen-bond donors (Lipinski definition) is 1. The minimum Gasteiger partial charge on any atom is -0.508 e. The molecule has 0 bridgehead atoms. The summed E-state index contributed by atoms with van der Waals surface area (Å²) < 4.78 is 12.7. The van der Waals surface area contributed by atoms with Crippen LogP contribution in [0.4, 0.5) is 0 Å². The standard InChI is InChI=1S/C20H13BrO3/c21-15-6-1-5-14(10-15)20-17(18-8-3-9-23-18)12-19(24-20)13-4-2-7-16(22)11-13/h1-12,22H. The van der Waals surface area contributed by atoms with Crippen molar-refractivity contribution < 1.29 is 13.9 Å². The van der Waals surface area contributed by atoms with E-state index in [0.29, 0.717) is 5.76 Å². The van der Waals surface area contributed by atoms with E-state index in [1.54, 1.807) is 24.5 Å². The SMILES string of the molecule is Oc1cccc(-c2cc(-c3ccco3)c(-c3cccc(Br)c3)o2)c1. The van der Waals surface area contributed by atoms with E-state index in [1.807, 2.05) is 48.5 Å². The molecule has 4 aromatic rings. The maximum absolute atomic E-state index is 9.72. The summed E-state index contributed by atoms with van der Waals surface area (Å²) in [6.45, 7) is 0. The van der Waals surface area contributed by atoms with Gasteiger partial charge in [-0.3, -0.25) is 0 Å². The molecule has 0 atom stereocenters. The third kappa shape index (κ3) is 2.76. The van der Waals surface area contributed by atoms with Crippen LogP contribution in [0.1, 0.15) is 0 Å². The van der Waals surface area contributed by atoms with E-state index >= 15 is 0 Å². The molecule has 4 rings (SSSR count). The molecule has 0 spiro atoms. The molecule has 4 heteroatoms. The van der Waals surface area contributed by atoms with E-state index in [-0.39, 0.29) is 5.75 Å². The van der Waals surface area contributed by atoms with Crippen LogP contribution in [-0.4, -0.2) is 5.11 Å². The number of hydrogen-bond acceptors (Lipinski definition) is 3. The molecule has 2 aromatic carbocycles. The highest BCUT2D eigenvalue weighted by Crippen LogP contribution is 2.40. The molecule has 0 aliphatic carbocycles. The molecule has 0 radical (unpaired) electrons. The average molecular weight is 381 g/mol. The van der Waals surface area contributed by atoms with E-state index in [0.717, 1.165) is 32.7 Å². The Balaban J connectivity index is 1.91. The fourth-order valence-electron chi connectivity index (χ4n) is 2.65. The Morgan fingerprint density at radius 1 is 0.792 bits per heavy atom. The highest BCUT2D eigenvalue weighted by Gasteiger charge is 2.18. The number of halogens is 1. The number of phenols is 1. The fraction of sp³-hybridized carbons (Fsp3) is 0. The molecule has 1 N–H and O–H groups in total. The van der Waals surface area contributed by atoms with Crippen molar-refractivity contribution in [3.8, 4) is 39.7 Å². The zero-order valence-electron chi connectivity index (χ0n) is 12.6. The summed E-state index contributed by atoms with van der Waals surface area (Å²) in [5, 5.41) is 9.72. The predicted molar refractivity (Wildman–Crippen MR) is 96.6 cm³/mol. The normalized spacial score (nSPS) is 10.9. The third-order valence-corrected chi connectivity index (χ3v) is 4.23. The van der Waals surface area contributed by atoms with Crippen molar-refractivity contribution in [3.05, 3.63) is 77.5 Å². The lowest BCUT2D eigenvalue weighted by Crippen LogP contribution is -1.78.